The maximum atomic E-state index is 12.4. The van der Waals surface area contributed by atoms with Crippen molar-refractivity contribution in [1.82, 2.24) is 0 Å². The van der Waals surface area contributed by atoms with Crippen molar-refractivity contribution in [3.8, 4) is 5.75 Å². The molecule has 0 aromatic heterocycles. The minimum atomic E-state index is -0.727. The highest BCUT2D eigenvalue weighted by Gasteiger charge is 2.29. The van der Waals surface area contributed by atoms with Crippen LogP contribution >= 0.6 is 0 Å². The molecule has 0 aliphatic rings. The molecule has 8 heteroatoms. The van der Waals surface area contributed by atoms with Gasteiger partial charge >= 0.3 is 11.7 Å². The van der Waals surface area contributed by atoms with E-state index in [1.165, 1.54) is 76.7 Å². The number of hydrogen-bond donors (Lipinski definition) is 0. The molecule has 1 atom stereocenters. The molecule has 1 rings (SSSR count). The highest BCUT2D eigenvalue weighted by Crippen LogP contribution is 2.40. The lowest BCUT2D eigenvalue weighted by Gasteiger charge is -2.15. The lowest BCUT2D eigenvalue weighted by molar-refractivity contribution is -0.394. The number of esters is 1. The van der Waals surface area contributed by atoms with Crippen molar-refractivity contribution < 1.29 is 19.4 Å². The zero-order chi connectivity index (χ0) is 26.8. The quantitative estimate of drug-likeness (QED) is 0.0540. The number of nitro benzene ring substituents is 2. The van der Waals surface area contributed by atoms with E-state index < -0.39 is 21.5 Å². The molecule has 0 heterocycles. The van der Waals surface area contributed by atoms with Crippen LogP contribution in [0.25, 0.3) is 0 Å². The Morgan fingerprint density at radius 2 is 1.25 bits per heavy atom. The number of benzene rings is 1. The van der Waals surface area contributed by atoms with Gasteiger partial charge in [-0.05, 0) is 18.8 Å². The Kier molecular flexibility index (Phi) is 16.4. The predicted octanol–water partition coefficient (Wildman–Crippen LogP) is 9.18. The molecule has 0 unspecified atom stereocenters. The lowest BCUT2D eigenvalue weighted by atomic mass is 9.96. The number of hydrogen-bond acceptors (Lipinski definition) is 6. The molecule has 8 nitrogen and oxygen atoms in total. The van der Waals surface area contributed by atoms with E-state index in [9.17, 15) is 25.0 Å². The van der Waals surface area contributed by atoms with Crippen molar-refractivity contribution in [2.45, 2.75) is 136 Å². The molecule has 0 N–H and O–H groups in total. The zero-order valence-electron chi connectivity index (χ0n) is 22.6. The van der Waals surface area contributed by atoms with Crippen LogP contribution in [0.2, 0.25) is 0 Å². The van der Waals surface area contributed by atoms with E-state index in [4.69, 9.17) is 4.74 Å². The molecule has 204 valence electrons. The summed E-state index contributed by atoms with van der Waals surface area (Å²) in [7, 11) is 0. The molecule has 1 aromatic carbocycles. The maximum Gasteiger partial charge on any atom is 0.318 e. The first kappa shape index (κ1) is 31.5. The first-order valence-corrected chi connectivity index (χ1v) is 14.0. The summed E-state index contributed by atoms with van der Waals surface area (Å²) < 4.78 is 5.41. The van der Waals surface area contributed by atoms with Gasteiger partial charge in [0.2, 0.25) is 5.75 Å². The van der Waals surface area contributed by atoms with Crippen molar-refractivity contribution in [3.63, 3.8) is 0 Å². The van der Waals surface area contributed by atoms with Gasteiger partial charge in [0.1, 0.15) is 0 Å². The average Bonchev–Trinajstić information content (AvgIpc) is 2.85. The third-order valence-electron chi connectivity index (χ3n) is 6.83. The summed E-state index contributed by atoms with van der Waals surface area (Å²) >= 11 is 0. The molecule has 1 aromatic rings. The van der Waals surface area contributed by atoms with Gasteiger partial charge in [-0.2, -0.15) is 0 Å². The number of nitro groups is 2. The van der Waals surface area contributed by atoms with E-state index in [1.807, 2.05) is 6.92 Å². The fraction of sp³-hybridized carbons (Fsp3) is 0.750. The number of rotatable bonds is 21. The predicted molar refractivity (Wildman–Crippen MR) is 144 cm³/mol. The Labute approximate surface area is 216 Å². The number of nitrogens with zero attached hydrogens (tertiary/aromatic N) is 2. The summed E-state index contributed by atoms with van der Waals surface area (Å²) in [6.45, 7) is 5.92. The molecule has 0 fully saturated rings. The second kappa shape index (κ2) is 18.7. The third-order valence-corrected chi connectivity index (χ3v) is 6.83. The van der Waals surface area contributed by atoms with Crippen LogP contribution in [0.4, 0.5) is 11.4 Å². The van der Waals surface area contributed by atoms with Crippen LogP contribution in [0.5, 0.6) is 5.75 Å². The average molecular weight is 507 g/mol. The molecule has 0 bridgehead atoms. The molecule has 0 saturated carbocycles. The molecule has 36 heavy (non-hydrogen) atoms. The Morgan fingerprint density at radius 3 is 1.67 bits per heavy atom. The zero-order valence-corrected chi connectivity index (χ0v) is 22.6. The van der Waals surface area contributed by atoms with E-state index >= 15 is 0 Å². The SMILES string of the molecule is CCCCCCCCCCCCCCCCCC(=O)Oc1c([C@H](C)CC)cc([N+](=O)[O-])cc1[N+](=O)[O-]. The Morgan fingerprint density at radius 1 is 0.778 bits per heavy atom. The van der Waals surface area contributed by atoms with Crippen molar-refractivity contribution in [2.24, 2.45) is 0 Å². The molecule has 0 spiro atoms. The van der Waals surface area contributed by atoms with Gasteiger partial charge in [0, 0.05) is 18.1 Å². The van der Waals surface area contributed by atoms with Gasteiger partial charge in [-0.25, -0.2) is 0 Å². The monoisotopic (exact) mass is 506 g/mol. The normalized spacial score (nSPS) is 11.9. The standard InChI is InChI=1S/C28H46N2O6/c1-4-6-7-8-9-10-11-12-13-14-15-16-17-18-19-20-27(31)36-28-25(23(3)5-2)21-24(29(32)33)22-26(28)30(34)35/h21-23H,4-20H2,1-3H3/t23-/m1/s1. The minimum Gasteiger partial charge on any atom is -0.419 e. The maximum absolute atomic E-state index is 12.4. The van der Waals surface area contributed by atoms with Gasteiger partial charge in [-0.15, -0.1) is 0 Å². The van der Waals surface area contributed by atoms with E-state index in [-0.39, 0.29) is 23.8 Å². The van der Waals surface area contributed by atoms with Crippen molar-refractivity contribution in [2.75, 3.05) is 0 Å². The van der Waals surface area contributed by atoms with Gasteiger partial charge in [0.05, 0.1) is 15.9 Å². The van der Waals surface area contributed by atoms with Crippen LogP contribution in [0.3, 0.4) is 0 Å². The molecule has 0 radical (unpaired) electrons. The van der Waals surface area contributed by atoms with Gasteiger partial charge in [0.25, 0.3) is 5.69 Å². The summed E-state index contributed by atoms with van der Waals surface area (Å²) in [6.07, 6.45) is 19.2. The fourth-order valence-corrected chi connectivity index (χ4v) is 4.36. The number of unbranched alkanes of at least 4 members (excludes halogenated alkanes) is 14. The Hall–Kier alpha value is -2.51. The Balaban J connectivity index is 2.33. The van der Waals surface area contributed by atoms with Gasteiger partial charge < -0.3 is 4.74 Å². The fourth-order valence-electron chi connectivity index (χ4n) is 4.36. The largest absolute Gasteiger partial charge is 0.419 e. The third kappa shape index (κ3) is 12.5. The molecule has 0 saturated heterocycles. The van der Waals surface area contributed by atoms with Crippen LogP contribution in [0, 0.1) is 20.2 Å². The number of non-ortho nitro benzene ring substituents is 1. The van der Waals surface area contributed by atoms with E-state index in [0.29, 0.717) is 18.4 Å². The number of carbonyl (C=O) groups is 1. The first-order valence-electron chi connectivity index (χ1n) is 14.0. The van der Waals surface area contributed by atoms with Crippen LogP contribution < -0.4 is 4.74 Å². The summed E-state index contributed by atoms with van der Waals surface area (Å²) in [6, 6.07) is 2.14. The van der Waals surface area contributed by atoms with Crippen LogP contribution in [0.15, 0.2) is 12.1 Å². The highest BCUT2D eigenvalue weighted by atomic mass is 16.6. The molecular formula is C28H46N2O6. The topological polar surface area (TPSA) is 113 Å². The van der Waals surface area contributed by atoms with Crippen LogP contribution in [-0.4, -0.2) is 15.8 Å². The molecule has 0 amide bonds. The molecular weight excluding hydrogens is 460 g/mol. The summed E-state index contributed by atoms with van der Waals surface area (Å²) in [5.74, 6) is -0.922. The molecule has 0 aliphatic heterocycles. The van der Waals surface area contributed by atoms with Crippen molar-refractivity contribution in [3.05, 3.63) is 37.9 Å². The minimum absolute atomic E-state index is 0.161. The van der Waals surface area contributed by atoms with Crippen LogP contribution in [0.1, 0.15) is 141 Å². The first-order chi connectivity index (χ1) is 17.3. The van der Waals surface area contributed by atoms with Gasteiger partial charge in [-0.1, -0.05) is 111 Å². The van der Waals surface area contributed by atoms with Crippen LogP contribution in [-0.2, 0) is 4.79 Å². The summed E-state index contributed by atoms with van der Waals surface area (Å²) in [5, 5.41) is 22.8. The molecule has 0 aliphatic carbocycles. The summed E-state index contributed by atoms with van der Waals surface area (Å²) in [4.78, 5) is 33.8. The smallest absolute Gasteiger partial charge is 0.318 e. The second-order valence-electron chi connectivity index (χ2n) is 9.88. The van der Waals surface area contributed by atoms with E-state index in [0.717, 1.165) is 25.3 Å². The summed E-state index contributed by atoms with van der Waals surface area (Å²) in [5.41, 5.74) is -0.591. The van der Waals surface area contributed by atoms with E-state index in [2.05, 4.69) is 6.92 Å². The van der Waals surface area contributed by atoms with Crippen molar-refractivity contribution in [1.29, 1.82) is 0 Å². The van der Waals surface area contributed by atoms with E-state index in [1.54, 1.807) is 6.92 Å². The Bertz CT molecular complexity index is 811. The van der Waals surface area contributed by atoms with Gasteiger partial charge in [0.15, 0.2) is 0 Å². The van der Waals surface area contributed by atoms with Gasteiger partial charge in [-0.3, -0.25) is 25.0 Å². The second-order valence-corrected chi connectivity index (χ2v) is 9.88. The number of carbonyl (C=O) groups excluding carboxylic acids is 1. The van der Waals surface area contributed by atoms with Crippen molar-refractivity contribution >= 4 is 17.3 Å². The lowest BCUT2D eigenvalue weighted by Crippen LogP contribution is -2.12. The number of ether oxygens (including phenoxy) is 1. The highest BCUT2D eigenvalue weighted by molar-refractivity contribution is 5.75.